The van der Waals surface area contributed by atoms with Crippen molar-refractivity contribution in [2.75, 3.05) is 18.5 Å². The van der Waals surface area contributed by atoms with E-state index in [9.17, 15) is 0 Å². The number of guanidine groups is 1. The molecule has 3 N–H and O–H groups in total. The second-order valence-electron chi connectivity index (χ2n) is 6.06. The molecule has 3 rings (SSSR count). The van der Waals surface area contributed by atoms with Gasteiger partial charge in [-0.05, 0) is 60.7 Å². The molecule has 0 aliphatic carbocycles. The van der Waals surface area contributed by atoms with Gasteiger partial charge >= 0.3 is 0 Å². The van der Waals surface area contributed by atoms with Crippen LogP contribution in [0.4, 0.5) is 5.69 Å². The lowest BCUT2D eigenvalue weighted by atomic mass is 10.1. The number of nitrogens with two attached hydrogens (primary N) is 1. The molecule has 128 valence electrons. The maximum atomic E-state index is 5.98. The van der Waals surface area contributed by atoms with Gasteiger partial charge in [0.1, 0.15) is 5.75 Å². The molecule has 0 atom stereocenters. The summed E-state index contributed by atoms with van der Waals surface area (Å²) in [7, 11) is 0. The molecule has 0 amide bonds. The molecule has 1 heterocycles. The van der Waals surface area contributed by atoms with Crippen LogP contribution >= 0.6 is 24.0 Å². The summed E-state index contributed by atoms with van der Waals surface area (Å²) in [6.45, 7) is 5.61. The first-order chi connectivity index (χ1) is 11.1. The fraction of sp³-hybridized carbons (Fsp3) is 0.316. The number of fused-ring (bicyclic) bond motifs is 1. The summed E-state index contributed by atoms with van der Waals surface area (Å²) < 4.78 is 5.52. The Hall–Kier alpha value is -1.76. The van der Waals surface area contributed by atoms with Gasteiger partial charge in [0, 0.05) is 18.7 Å². The molecule has 0 aromatic heterocycles. The molecular formula is C19H24IN3O. The average Bonchev–Trinajstić information content (AvgIpc) is 2.93. The number of aryl methyl sites for hydroxylation is 2. The van der Waals surface area contributed by atoms with Gasteiger partial charge in [0.05, 0.1) is 6.61 Å². The first kappa shape index (κ1) is 18.6. The predicted octanol–water partition coefficient (Wildman–Crippen LogP) is 3.83. The van der Waals surface area contributed by atoms with Crippen LogP contribution < -0.4 is 15.8 Å². The van der Waals surface area contributed by atoms with Crippen molar-refractivity contribution in [3.63, 3.8) is 0 Å². The van der Waals surface area contributed by atoms with Crippen molar-refractivity contribution in [1.82, 2.24) is 0 Å². The molecule has 0 bridgehead atoms. The van der Waals surface area contributed by atoms with Crippen molar-refractivity contribution in [2.24, 2.45) is 10.7 Å². The lowest BCUT2D eigenvalue weighted by Crippen LogP contribution is -2.23. The number of hydrogen-bond donors (Lipinski definition) is 2. The zero-order chi connectivity index (χ0) is 16.2. The van der Waals surface area contributed by atoms with E-state index in [0.29, 0.717) is 12.5 Å². The standard InChI is InChI=1S/C19H23N3O.HI/c1-13-9-14(2)11-17(10-13)22-19(20)21-7-5-15-3-4-18-16(12-15)6-8-23-18;/h3-4,9-12H,5-8H2,1-2H3,(H3,20,21,22);1H. The SMILES string of the molecule is Cc1cc(C)cc(NC(N)=NCCc2ccc3c(c2)CCO3)c1.I. The summed E-state index contributed by atoms with van der Waals surface area (Å²) in [4.78, 5) is 4.42. The first-order valence-electron chi connectivity index (χ1n) is 8.00. The van der Waals surface area contributed by atoms with E-state index in [0.717, 1.165) is 30.9 Å². The van der Waals surface area contributed by atoms with E-state index >= 15 is 0 Å². The van der Waals surface area contributed by atoms with E-state index in [4.69, 9.17) is 10.5 Å². The zero-order valence-electron chi connectivity index (χ0n) is 14.1. The van der Waals surface area contributed by atoms with Crippen LogP contribution in [0.2, 0.25) is 0 Å². The van der Waals surface area contributed by atoms with Crippen molar-refractivity contribution in [3.05, 3.63) is 58.7 Å². The Morgan fingerprint density at radius 1 is 1.17 bits per heavy atom. The summed E-state index contributed by atoms with van der Waals surface area (Å²) in [5, 5.41) is 3.16. The van der Waals surface area contributed by atoms with Crippen molar-refractivity contribution < 1.29 is 4.74 Å². The highest BCUT2D eigenvalue weighted by molar-refractivity contribution is 14.0. The van der Waals surface area contributed by atoms with Gasteiger partial charge in [-0.3, -0.25) is 4.99 Å². The molecule has 24 heavy (non-hydrogen) atoms. The molecule has 0 saturated carbocycles. The van der Waals surface area contributed by atoms with E-state index in [-0.39, 0.29) is 24.0 Å². The van der Waals surface area contributed by atoms with Crippen LogP contribution in [0.25, 0.3) is 0 Å². The van der Waals surface area contributed by atoms with Crippen LogP contribution in [0.1, 0.15) is 22.3 Å². The Labute approximate surface area is 160 Å². The number of rotatable bonds is 4. The molecule has 0 spiro atoms. The minimum atomic E-state index is 0. The fourth-order valence-corrected chi connectivity index (χ4v) is 2.94. The van der Waals surface area contributed by atoms with Gasteiger partial charge in [0.2, 0.25) is 0 Å². The van der Waals surface area contributed by atoms with E-state index < -0.39 is 0 Å². The first-order valence-corrected chi connectivity index (χ1v) is 8.00. The highest BCUT2D eigenvalue weighted by Gasteiger charge is 2.11. The van der Waals surface area contributed by atoms with E-state index in [1.165, 1.54) is 22.3 Å². The zero-order valence-corrected chi connectivity index (χ0v) is 16.5. The van der Waals surface area contributed by atoms with Crippen molar-refractivity contribution >= 4 is 35.6 Å². The summed E-state index contributed by atoms with van der Waals surface area (Å²) in [5.41, 5.74) is 12.0. The van der Waals surface area contributed by atoms with Crippen molar-refractivity contribution in [2.45, 2.75) is 26.7 Å². The van der Waals surface area contributed by atoms with E-state index in [1.807, 2.05) is 0 Å². The molecule has 2 aromatic carbocycles. The second-order valence-corrected chi connectivity index (χ2v) is 6.06. The minimum absolute atomic E-state index is 0. The molecule has 0 unspecified atom stereocenters. The van der Waals surface area contributed by atoms with Gasteiger partial charge in [0.25, 0.3) is 0 Å². The Morgan fingerprint density at radius 3 is 2.67 bits per heavy atom. The van der Waals surface area contributed by atoms with Crippen LogP contribution in [-0.2, 0) is 12.8 Å². The van der Waals surface area contributed by atoms with Gasteiger partial charge < -0.3 is 15.8 Å². The van der Waals surface area contributed by atoms with Crippen LogP contribution in [0.3, 0.4) is 0 Å². The summed E-state index contributed by atoms with van der Waals surface area (Å²) >= 11 is 0. The maximum absolute atomic E-state index is 5.98. The number of nitrogens with zero attached hydrogens (tertiary/aromatic N) is 1. The van der Waals surface area contributed by atoms with Gasteiger partial charge in [0.15, 0.2) is 5.96 Å². The molecule has 0 saturated heterocycles. The number of nitrogens with one attached hydrogen (secondary N) is 1. The lowest BCUT2D eigenvalue weighted by molar-refractivity contribution is 0.357. The number of anilines is 1. The quantitative estimate of drug-likeness (QED) is 0.435. The number of benzene rings is 2. The summed E-state index contributed by atoms with van der Waals surface area (Å²) in [6.07, 6.45) is 1.88. The van der Waals surface area contributed by atoms with Crippen LogP contribution in [0, 0.1) is 13.8 Å². The monoisotopic (exact) mass is 437 g/mol. The number of ether oxygens (including phenoxy) is 1. The predicted molar refractivity (Wildman–Crippen MR) is 111 cm³/mol. The Kier molecular flexibility index (Phi) is 6.48. The molecule has 4 nitrogen and oxygen atoms in total. The van der Waals surface area contributed by atoms with Crippen molar-refractivity contribution in [1.29, 1.82) is 0 Å². The molecule has 1 aliphatic heterocycles. The average molecular weight is 437 g/mol. The molecule has 1 aliphatic rings. The van der Waals surface area contributed by atoms with E-state index in [2.05, 4.69) is 60.6 Å². The normalized spacial score (nSPS) is 13.0. The maximum Gasteiger partial charge on any atom is 0.193 e. The molecule has 0 radical (unpaired) electrons. The summed E-state index contributed by atoms with van der Waals surface area (Å²) in [5.74, 6) is 1.48. The Bertz CT molecular complexity index is 723. The minimum Gasteiger partial charge on any atom is -0.493 e. The smallest absolute Gasteiger partial charge is 0.193 e. The third-order valence-electron chi connectivity index (χ3n) is 3.93. The van der Waals surface area contributed by atoms with Crippen LogP contribution in [0.15, 0.2) is 41.4 Å². The van der Waals surface area contributed by atoms with Crippen LogP contribution in [-0.4, -0.2) is 19.1 Å². The second kappa shape index (κ2) is 8.37. The molecule has 2 aromatic rings. The van der Waals surface area contributed by atoms with Gasteiger partial charge in [-0.2, -0.15) is 0 Å². The number of hydrogen-bond acceptors (Lipinski definition) is 2. The van der Waals surface area contributed by atoms with Gasteiger partial charge in [-0.1, -0.05) is 18.2 Å². The topological polar surface area (TPSA) is 59.6 Å². The highest BCUT2D eigenvalue weighted by Crippen LogP contribution is 2.25. The summed E-state index contributed by atoms with van der Waals surface area (Å²) in [6, 6.07) is 12.6. The molecular weight excluding hydrogens is 413 g/mol. The molecule has 0 fully saturated rings. The Balaban J connectivity index is 0.00000208. The number of aliphatic imine (C=N–C) groups is 1. The third kappa shape index (κ3) is 4.87. The van der Waals surface area contributed by atoms with Crippen LogP contribution in [0.5, 0.6) is 5.75 Å². The third-order valence-corrected chi connectivity index (χ3v) is 3.93. The lowest BCUT2D eigenvalue weighted by Gasteiger charge is -2.08. The van der Waals surface area contributed by atoms with Crippen molar-refractivity contribution in [3.8, 4) is 5.75 Å². The number of halogens is 1. The largest absolute Gasteiger partial charge is 0.493 e. The Morgan fingerprint density at radius 2 is 1.92 bits per heavy atom. The highest BCUT2D eigenvalue weighted by atomic mass is 127. The van der Waals surface area contributed by atoms with E-state index in [1.54, 1.807) is 0 Å². The molecule has 5 heteroatoms. The van der Waals surface area contributed by atoms with Gasteiger partial charge in [-0.25, -0.2) is 0 Å². The van der Waals surface area contributed by atoms with Gasteiger partial charge in [-0.15, -0.1) is 24.0 Å². The fourth-order valence-electron chi connectivity index (χ4n) is 2.94.